The number of H-pyrrole nitrogens is 1. The summed E-state index contributed by atoms with van der Waals surface area (Å²) in [7, 11) is 0. The number of aromatic amines is 1. The summed E-state index contributed by atoms with van der Waals surface area (Å²) >= 11 is 0. The fourth-order valence-corrected chi connectivity index (χ4v) is 2.51. The fourth-order valence-electron chi connectivity index (χ4n) is 2.51. The number of aromatic nitrogens is 1. The number of esters is 1. The zero-order valence-electron chi connectivity index (χ0n) is 13.6. The van der Waals surface area contributed by atoms with Crippen molar-refractivity contribution in [2.45, 2.75) is 27.7 Å². The van der Waals surface area contributed by atoms with Gasteiger partial charge in [0.1, 0.15) is 11.5 Å². The molecule has 5 heteroatoms. The molecule has 1 N–H and O–H groups in total. The van der Waals surface area contributed by atoms with E-state index in [-0.39, 0.29) is 5.97 Å². The van der Waals surface area contributed by atoms with Gasteiger partial charge in [-0.25, -0.2) is 9.79 Å². The fraction of sp³-hybridized carbons (Fsp3) is 0.412. The summed E-state index contributed by atoms with van der Waals surface area (Å²) in [4.78, 5) is 22.2. The highest BCUT2D eigenvalue weighted by atomic mass is 16.5. The second kappa shape index (κ2) is 7.11. The van der Waals surface area contributed by atoms with Crippen molar-refractivity contribution in [3.05, 3.63) is 30.0 Å². The van der Waals surface area contributed by atoms with Gasteiger partial charge in [0, 0.05) is 24.0 Å². The summed E-state index contributed by atoms with van der Waals surface area (Å²) in [6.45, 7) is 10.0. The lowest BCUT2D eigenvalue weighted by Crippen LogP contribution is -2.28. The molecule has 0 aliphatic rings. The molecule has 2 rings (SSSR count). The minimum atomic E-state index is -0.371. The van der Waals surface area contributed by atoms with E-state index in [4.69, 9.17) is 9.73 Å². The van der Waals surface area contributed by atoms with Crippen LogP contribution in [0.25, 0.3) is 10.9 Å². The molecule has 0 atom stereocenters. The highest BCUT2D eigenvalue weighted by Gasteiger charge is 2.19. The first-order chi connectivity index (χ1) is 10.6. The van der Waals surface area contributed by atoms with Crippen LogP contribution in [0, 0.1) is 0 Å². The Morgan fingerprint density at radius 1 is 1.23 bits per heavy atom. The van der Waals surface area contributed by atoms with Gasteiger partial charge in [-0.3, -0.25) is 0 Å². The van der Waals surface area contributed by atoms with E-state index in [0.29, 0.717) is 18.0 Å². The molecular weight excluding hydrogens is 278 g/mol. The molecule has 0 aliphatic carbocycles. The predicted octanol–water partition coefficient (Wildman–Crippen LogP) is 3.74. The Labute approximate surface area is 131 Å². The Hall–Kier alpha value is -2.30. The first kappa shape index (κ1) is 16.1. The van der Waals surface area contributed by atoms with Crippen molar-refractivity contribution in [2.24, 2.45) is 4.99 Å². The quantitative estimate of drug-likeness (QED) is 0.520. The smallest absolute Gasteiger partial charge is 0.357 e. The van der Waals surface area contributed by atoms with E-state index >= 15 is 0 Å². The normalized spacial score (nSPS) is 11.7. The second-order valence-corrected chi connectivity index (χ2v) is 4.95. The molecule has 0 radical (unpaired) electrons. The number of carbonyl (C=O) groups is 1. The number of carbonyl (C=O) groups excluding carboxylic acids is 1. The maximum absolute atomic E-state index is 12.2. The van der Waals surface area contributed by atoms with Gasteiger partial charge in [-0.05, 0) is 33.8 Å². The summed E-state index contributed by atoms with van der Waals surface area (Å²) in [5, 5.41) is 0.928. The largest absolute Gasteiger partial charge is 0.461 e. The molecule has 1 heterocycles. The van der Waals surface area contributed by atoms with E-state index in [1.807, 2.05) is 31.2 Å². The summed E-state index contributed by atoms with van der Waals surface area (Å²) < 4.78 is 5.14. The van der Waals surface area contributed by atoms with E-state index in [1.54, 1.807) is 6.92 Å². The van der Waals surface area contributed by atoms with Crippen LogP contribution in [-0.4, -0.2) is 41.4 Å². The topological polar surface area (TPSA) is 57.7 Å². The standard InChI is InChI=1S/C17H23N3O2/c1-5-20(6-2)12(4)18-15-13-10-8-9-11-14(13)19-16(15)17(21)22-7-3/h8-11,19H,5-7H2,1-4H3. The van der Waals surface area contributed by atoms with Crippen molar-refractivity contribution >= 4 is 28.4 Å². The number of para-hydroxylation sites is 1. The summed E-state index contributed by atoms with van der Waals surface area (Å²) in [6.07, 6.45) is 0. The van der Waals surface area contributed by atoms with Crippen LogP contribution in [0.1, 0.15) is 38.2 Å². The lowest BCUT2D eigenvalue weighted by molar-refractivity contribution is 0.0521. The molecule has 0 amide bonds. The number of benzene rings is 1. The van der Waals surface area contributed by atoms with Crippen molar-refractivity contribution in [1.29, 1.82) is 0 Å². The van der Waals surface area contributed by atoms with Crippen molar-refractivity contribution in [3.8, 4) is 0 Å². The van der Waals surface area contributed by atoms with Crippen LogP contribution in [0.4, 0.5) is 5.69 Å². The Bertz CT molecular complexity index is 684. The molecule has 0 unspecified atom stereocenters. The van der Waals surface area contributed by atoms with Gasteiger partial charge in [0.2, 0.25) is 0 Å². The van der Waals surface area contributed by atoms with E-state index < -0.39 is 0 Å². The average Bonchev–Trinajstić information content (AvgIpc) is 2.88. The third kappa shape index (κ3) is 3.13. The number of hydrogen-bond donors (Lipinski definition) is 1. The average molecular weight is 301 g/mol. The number of nitrogens with zero attached hydrogens (tertiary/aromatic N) is 2. The van der Waals surface area contributed by atoms with Gasteiger partial charge in [0.15, 0.2) is 5.69 Å². The molecule has 0 aliphatic heterocycles. The molecular formula is C17H23N3O2. The summed E-state index contributed by atoms with van der Waals surface area (Å²) in [5.41, 5.74) is 1.95. The van der Waals surface area contributed by atoms with Crippen LogP contribution in [0.3, 0.4) is 0 Å². The Morgan fingerprint density at radius 3 is 2.55 bits per heavy atom. The van der Waals surface area contributed by atoms with Crippen LogP contribution in [0.2, 0.25) is 0 Å². The summed E-state index contributed by atoms with van der Waals surface area (Å²) in [6, 6.07) is 7.77. The maximum Gasteiger partial charge on any atom is 0.357 e. The Morgan fingerprint density at radius 2 is 1.91 bits per heavy atom. The minimum Gasteiger partial charge on any atom is -0.461 e. The van der Waals surface area contributed by atoms with Crippen LogP contribution >= 0.6 is 0 Å². The molecule has 0 spiro atoms. The molecule has 0 saturated carbocycles. The van der Waals surface area contributed by atoms with Crippen molar-refractivity contribution in [3.63, 3.8) is 0 Å². The second-order valence-electron chi connectivity index (χ2n) is 4.95. The van der Waals surface area contributed by atoms with Gasteiger partial charge < -0.3 is 14.6 Å². The summed E-state index contributed by atoms with van der Waals surface area (Å²) in [5.74, 6) is 0.519. The van der Waals surface area contributed by atoms with Crippen LogP contribution in [0.15, 0.2) is 29.3 Å². The highest BCUT2D eigenvalue weighted by Crippen LogP contribution is 2.31. The lowest BCUT2D eigenvalue weighted by atomic mass is 10.2. The van der Waals surface area contributed by atoms with E-state index in [2.05, 4.69) is 23.7 Å². The molecule has 2 aromatic rings. The molecule has 0 fully saturated rings. The monoisotopic (exact) mass is 301 g/mol. The molecule has 22 heavy (non-hydrogen) atoms. The van der Waals surface area contributed by atoms with E-state index in [0.717, 1.165) is 29.8 Å². The van der Waals surface area contributed by atoms with E-state index in [9.17, 15) is 4.79 Å². The van der Waals surface area contributed by atoms with Gasteiger partial charge in [-0.15, -0.1) is 0 Å². The molecule has 5 nitrogen and oxygen atoms in total. The first-order valence-corrected chi connectivity index (χ1v) is 7.70. The highest BCUT2D eigenvalue weighted by molar-refractivity contribution is 6.06. The Kier molecular flexibility index (Phi) is 5.20. The van der Waals surface area contributed by atoms with Crippen molar-refractivity contribution in [1.82, 2.24) is 9.88 Å². The SMILES string of the molecule is CCOC(=O)c1[nH]c2ccccc2c1N=C(C)N(CC)CC. The molecule has 1 aromatic carbocycles. The number of hydrogen-bond acceptors (Lipinski definition) is 3. The Balaban J connectivity index is 2.56. The number of aliphatic imine (C=N–C) groups is 1. The number of ether oxygens (including phenoxy) is 1. The van der Waals surface area contributed by atoms with Gasteiger partial charge in [-0.2, -0.15) is 0 Å². The maximum atomic E-state index is 12.2. The zero-order chi connectivity index (χ0) is 16.1. The minimum absolute atomic E-state index is 0.340. The third-order valence-corrected chi connectivity index (χ3v) is 3.65. The number of fused-ring (bicyclic) bond motifs is 1. The zero-order valence-corrected chi connectivity index (χ0v) is 13.6. The number of amidine groups is 1. The van der Waals surface area contributed by atoms with Gasteiger partial charge in [0.05, 0.1) is 6.61 Å². The predicted molar refractivity (Wildman–Crippen MR) is 89.9 cm³/mol. The lowest BCUT2D eigenvalue weighted by Gasteiger charge is -2.20. The van der Waals surface area contributed by atoms with Gasteiger partial charge in [0.25, 0.3) is 0 Å². The first-order valence-electron chi connectivity index (χ1n) is 7.70. The molecule has 0 bridgehead atoms. The van der Waals surface area contributed by atoms with Crippen LogP contribution in [0.5, 0.6) is 0 Å². The molecule has 118 valence electrons. The van der Waals surface area contributed by atoms with Crippen LogP contribution < -0.4 is 0 Å². The number of rotatable bonds is 5. The van der Waals surface area contributed by atoms with Gasteiger partial charge >= 0.3 is 5.97 Å². The van der Waals surface area contributed by atoms with Crippen molar-refractivity contribution < 1.29 is 9.53 Å². The molecule has 0 saturated heterocycles. The van der Waals surface area contributed by atoms with Crippen LogP contribution in [-0.2, 0) is 4.74 Å². The molecule has 1 aromatic heterocycles. The van der Waals surface area contributed by atoms with E-state index in [1.165, 1.54) is 0 Å². The third-order valence-electron chi connectivity index (χ3n) is 3.65. The van der Waals surface area contributed by atoms with Crippen molar-refractivity contribution in [2.75, 3.05) is 19.7 Å². The van der Waals surface area contributed by atoms with Gasteiger partial charge in [-0.1, -0.05) is 18.2 Å². The number of nitrogens with one attached hydrogen (secondary N) is 1.